The molecule has 6 heteroatoms. The van der Waals surface area contributed by atoms with Gasteiger partial charge in [0, 0.05) is 6.54 Å². The second kappa shape index (κ2) is 5.16. The van der Waals surface area contributed by atoms with Crippen molar-refractivity contribution in [1.82, 2.24) is 10.4 Å². The number of nitrogens with one attached hydrogen (secondary N) is 1. The van der Waals surface area contributed by atoms with Crippen LogP contribution in [0.15, 0.2) is 0 Å². The van der Waals surface area contributed by atoms with Gasteiger partial charge in [0.05, 0.1) is 12.6 Å². The van der Waals surface area contributed by atoms with Gasteiger partial charge in [-0.05, 0) is 27.2 Å². The summed E-state index contributed by atoms with van der Waals surface area (Å²) in [6, 6.07) is -0.0118. The second-order valence-electron chi connectivity index (χ2n) is 4.66. The first kappa shape index (κ1) is 12.8. The molecule has 92 valence electrons. The highest BCUT2D eigenvalue weighted by Crippen LogP contribution is 2.21. The van der Waals surface area contributed by atoms with Crippen LogP contribution in [-0.2, 0) is 14.4 Å². The van der Waals surface area contributed by atoms with Crippen molar-refractivity contribution in [2.75, 3.05) is 13.2 Å². The lowest BCUT2D eigenvalue weighted by Crippen LogP contribution is -2.55. The maximum atomic E-state index is 11.6. The molecule has 16 heavy (non-hydrogen) atoms. The van der Waals surface area contributed by atoms with E-state index >= 15 is 0 Å². The van der Waals surface area contributed by atoms with Gasteiger partial charge in [-0.1, -0.05) is 0 Å². The highest BCUT2D eigenvalue weighted by Gasteiger charge is 2.35. The summed E-state index contributed by atoms with van der Waals surface area (Å²) in [6.07, 6.45) is 0.981. The van der Waals surface area contributed by atoms with E-state index < -0.39 is 5.60 Å². The summed E-state index contributed by atoms with van der Waals surface area (Å²) in [6.45, 7) is 6.43. The van der Waals surface area contributed by atoms with Crippen molar-refractivity contribution in [3.8, 4) is 0 Å². The van der Waals surface area contributed by atoms with Gasteiger partial charge in [0.1, 0.15) is 5.60 Å². The third kappa shape index (κ3) is 3.69. The van der Waals surface area contributed by atoms with Crippen LogP contribution in [0, 0.1) is 0 Å². The molecule has 0 unspecified atom stereocenters. The molecule has 6 nitrogen and oxygen atoms in total. The van der Waals surface area contributed by atoms with Crippen LogP contribution in [0.25, 0.3) is 0 Å². The summed E-state index contributed by atoms with van der Waals surface area (Å²) < 4.78 is 5.22. The van der Waals surface area contributed by atoms with E-state index in [1.807, 2.05) is 20.8 Å². The molecule has 1 aliphatic heterocycles. The van der Waals surface area contributed by atoms with Gasteiger partial charge in [-0.3, -0.25) is 9.63 Å². The van der Waals surface area contributed by atoms with E-state index in [9.17, 15) is 9.59 Å². The van der Waals surface area contributed by atoms with Crippen LogP contribution >= 0.6 is 0 Å². The molecule has 1 heterocycles. The molecule has 0 aromatic carbocycles. The average Bonchev–Trinajstić information content (AvgIpc) is 2.07. The lowest BCUT2D eigenvalue weighted by molar-refractivity contribution is -0.123. The second-order valence-corrected chi connectivity index (χ2v) is 4.66. The Hall–Kier alpha value is -1.30. The molecule has 0 radical (unpaired) electrons. The van der Waals surface area contributed by atoms with Crippen LogP contribution in [0.1, 0.15) is 27.2 Å². The van der Waals surface area contributed by atoms with Crippen molar-refractivity contribution in [3.63, 3.8) is 0 Å². The molecule has 1 aliphatic rings. The predicted molar refractivity (Wildman–Crippen MR) is 56.5 cm³/mol. The van der Waals surface area contributed by atoms with Crippen molar-refractivity contribution >= 4 is 12.5 Å². The molecule has 0 aromatic heterocycles. The molecule has 0 aliphatic carbocycles. The zero-order chi connectivity index (χ0) is 12.2. The molecule has 1 fully saturated rings. The SMILES string of the molecule is CC(C)(C)OC(=O)N1CC[C@H]1CONC=O. The van der Waals surface area contributed by atoms with Crippen LogP contribution in [0.4, 0.5) is 4.79 Å². The number of amides is 2. The molecule has 0 bridgehead atoms. The highest BCUT2D eigenvalue weighted by molar-refractivity contribution is 5.69. The molecule has 1 atom stereocenters. The number of carbonyl (C=O) groups is 2. The molecule has 1 rings (SSSR count). The lowest BCUT2D eigenvalue weighted by Gasteiger charge is -2.40. The van der Waals surface area contributed by atoms with Gasteiger partial charge in [-0.25, -0.2) is 10.3 Å². The first-order valence-electron chi connectivity index (χ1n) is 5.24. The average molecular weight is 230 g/mol. The largest absolute Gasteiger partial charge is 0.444 e. The number of likely N-dealkylation sites (tertiary alicyclic amines) is 1. The summed E-state index contributed by atoms with van der Waals surface area (Å²) >= 11 is 0. The van der Waals surface area contributed by atoms with Crippen molar-refractivity contribution in [2.45, 2.75) is 38.8 Å². The van der Waals surface area contributed by atoms with Gasteiger partial charge in [0.2, 0.25) is 6.41 Å². The van der Waals surface area contributed by atoms with Gasteiger partial charge in [-0.15, -0.1) is 0 Å². The fourth-order valence-corrected chi connectivity index (χ4v) is 1.35. The van der Waals surface area contributed by atoms with E-state index in [1.54, 1.807) is 4.90 Å². The van der Waals surface area contributed by atoms with Gasteiger partial charge in [0.15, 0.2) is 0 Å². The fraction of sp³-hybridized carbons (Fsp3) is 0.800. The smallest absolute Gasteiger partial charge is 0.410 e. The van der Waals surface area contributed by atoms with Crippen molar-refractivity contribution < 1.29 is 19.2 Å². The minimum atomic E-state index is -0.487. The predicted octanol–water partition coefficient (Wildman–Crippen LogP) is 0.673. The molecular weight excluding hydrogens is 212 g/mol. The first-order valence-corrected chi connectivity index (χ1v) is 5.24. The molecule has 2 amide bonds. The van der Waals surface area contributed by atoms with Crippen LogP contribution < -0.4 is 5.48 Å². The summed E-state index contributed by atoms with van der Waals surface area (Å²) in [5.74, 6) is 0. The highest BCUT2D eigenvalue weighted by atomic mass is 16.6. The van der Waals surface area contributed by atoms with Gasteiger partial charge in [-0.2, -0.15) is 0 Å². The van der Waals surface area contributed by atoms with E-state index in [2.05, 4.69) is 5.48 Å². The molecule has 1 N–H and O–H groups in total. The number of hydroxylamine groups is 1. The standard InChI is InChI=1S/C10H18N2O4/c1-10(2,3)16-9(14)12-5-4-8(12)6-15-11-7-13/h7-8H,4-6H2,1-3H3,(H,11,13)/t8-/m0/s1. The fourth-order valence-electron chi connectivity index (χ4n) is 1.35. The Morgan fingerprint density at radius 2 is 2.25 bits per heavy atom. The van der Waals surface area contributed by atoms with E-state index in [-0.39, 0.29) is 18.7 Å². The zero-order valence-corrected chi connectivity index (χ0v) is 9.86. The number of ether oxygens (including phenoxy) is 1. The first-order chi connectivity index (χ1) is 7.44. The van der Waals surface area contributed by atoms with Gasteiger partial charge in [0.25, 0.3) is 0 Å². The van der Waals surface area contributed by atoms with Crippen molar-refractivity contribution in [2.24, 2.45) is 0 Å². The lowest BCUT2D eigenvalue weighted by atomic mass is 10.1. The minimum Gasteiger partial charge on any atom is -0.444 e. The zero-order valence-electron chi connectivity index (χ0n) is 9.86. The van der Waals surface area contributed by atoms with Crippen LogP contribution in [0.3, 0.4) is 0 Å². The summed E-state index contributed by atoms with van der Waals surface area (Å²) in [7, 11) is 0. The Labute approximate surface area is 94.8 Å². The molecular formula is C10H18N2O4. The normalized spacial score (nSPS) is 19.9. The third-order valence-electron chi connectivity index (χ3n) is 2.18. The number of hydrogen-bond acceptors (Lipinski definition) is 4. The maximum Gasteiger partial charge on any atom is 0.410 e. The Kier molecular flexibility index (Phi) is 4.12. The summed E-state index contributed by atoms with van der Waals surface area (Å²) in [4.78, 5) is 28.0. The third-order valence-corrected chi connectivity index (χ3v) is 2.18. The monoisotopic (exact) mass is 230 g/mol. The molecule has 1 saturated heterocycles. The van der Waals surface area contributed by atoms with Crippen molar-refractivity contribution in [3.05, 3.63) is 0 Å². The Bertz CT molecular complexity index is 262. The van der Waals surface area contributed by atoms with Crippen molar-refractivity contribution in [1.29, 1.82) is 0 Å². The molecule has 0 saturated carbocycles. The van der Waals surface area contributed by atoms with E-state index in [0.29, 0.717) is 13.0 Å². The number of hydrogen-bond donors (Lipinski definition) is 1. The van der Waals surface area contributed by atoms with Crippen LogP contribution in [-0.4, -0.2) is 42.2 Å². The van der Waals surface area contributed by atoms with Crippen LogP contribution in [0.5, 0.6) is 0 Å². The van der Waals surface area contributed by atoms with E-state index in [1.165, 1.54) is 0 Å². The Balaban J connectivity index is 2.31. The van der Waals surface area contributed by atoms with Gasteiger partial charge >= 0.3 is 6.09 Å². The minimum absolute atomic E-state index is 0.0118. The Morgan fingerprint density at radius 3 is 2.69 bits per heavy atom. The topological polar surface area (TPSA) is 67.9 Å². The van der Waals surface area contributed by atoms with Crippen LogP contribution in [0.2, 0.25) is 0 Å². The van der Waals surface area contributed by atoms with E-state index in [4.69, 9.17) is 9.57 Å². The number of nitrogens with zero attached hydrogens (tertiary/aromatic N) is 1. The Morgan fingerprint density at radius 1 is 1.56 bits per heavy atom. The summed E-state index contributed by atoms with van der Waals surface area (Å²) in [5, 5.41) is 0. The number of rotatable bonds is 4. The number of carbonyl (C=O) groups excluding carboxylic acids is 2. The summed E-state index contributed by atoms with van der Waals surface area (Å²) in [5.41, 5.74) is 1.61. The quantitative estimate of drug-likeness (QED) is 0.438. The molecule has 0 aromatic rings. The van der Waals surface area contributed by atoms with E-state index in [0.717, 1.165) is 6.42 Å². The maximum absolute atomic E-state index is 11.6. The molecule has 0 spiro atoms. The van der Waals surface area contributed by atoms with Gasteiger partial charge < -0.3 is 9.64 Å².